The molecule has 26 heteroatoms. The number of esters is 6. The maximum atomic E-state index is 10.9. The molecule has 6 rings (SSSR count). The monoisotopic (exact) mass is 1060 g/mol. The third kappa shape index (κ3) is 23.0. The van der Waals surface area contributed by atoms with E-state index in [4.69, 9.17) is 82.0 Å². The molecule has 72 heavy (non-hydrogen) atoms. The van der Waals surface area contributed by atoms with E-state index in [0.29, 0.717) is 0 Å². The Morgan fingerprint density at radius 3 is 0.944 bits per heavy atom. The molecule has 0 aromatic carbocycles. The summed E-state index contributed by atoms with van der Waals surface area (Å²) in [5.74, 6) is -3.01. The fourth-order valence-electron chi connectivity index (χ4n) is 7.40. The molecular formula is C46H84NaO25+. The molecule has 0 bridgehead atoms. The largest absolute Gasteiger partial charge is 1.00 e. The van der Waals surface area contributed by atoms with Gasteiger partial charge in [0, 0.05) is 66.4 Å². The van der Waals surface area contributed by atoms with E-state index in [1.807, 2.05) is 62.3 Å². The van der Waals surface area contributed by atoms with Gasteiger partial charge in [-0.25, -0.2) is 0 Å². The summed E-state index contributed by atoms with van der Waals surface area (Å²) >= 11 is 0. The molecule has 25 nitrogen and oxygen atoms in total. The van der Waals surface area contributed by atoms with Crippen LogP contribution in [0.15, 0.2) is 0 Å². The van der Waals surface area contributed by atoms with Crippen molar-refractivity contribution in [2.45, 2.75) is 229 Å². The first-order chi connectivity index (χ1) is 31.9. The van der Waals surface area contributed by atoms with E-state index >= 15 is 0 Å². The Morgan fingerprint density at radius 1 is 0.444 bits per heavy atom. The number of fused-ring (bicyclic) bond motifs is 1. The summed E-state index contributed by atoms with van der Waals surface area (Å²) in [7, 11) is 2.37. The molecule has 6 heterocycles. The van der Waals surface area contributed by atoms with Gasteiger partial charge in [-0.15, -0.1) is 0 Å². The van der Waals surface area contributed by atoms with E-state index in [1.54, 1.807) is 14.0 Å². The average Bonchev–Trinajstić information content (AvgIpc) is 4.00. The van der Waals surface area contributed by atoms with E-state index in [-0.39, 0.29) is 103 Å². The first-order valence-corrected chi connectivity index (χ1v) is 22.5. The number of aliphatic hydroxyl groups is 3. The van der Waals surface area contributed by atoms with Gasteiger partial charge < -0.3 is 92.2 Å². The van der Waals surface area contributed by atoms with Gasteiger partial charge in [-0.1, -0.05) is 28.2 Å². The van der Waals surface area contributed by atoms with Crippen molar-refractivity contribution < 1.29 is 151 Å². The fraction of sp³-hybridized carbons (Fsp3) is 0.870. The molecule has 0 aromatic rings. The second-order valence-electron chi connectivity index (χ2n) is 17.5. The van der Waals surface area contributed by atoms with Crippen LogP contribution in [0, 0.1) is 17.8 Å². The number of hydrogen-bond donors (Lipinski definition) is 3. The second-order valence-corrected chi connectivity index (χ2v) is 17.5. The zero-order chi connectivity index (χ0) is 53.4. The second kappa shape index (κ2) is 34.1. The topological polar surface area (TPSA) is 348 Å². The van der Waals surface area contributed by atoms with Crippen LogP contribution in [0.2, 0.25) is 0 Å². The molecular weight excluding hydrogens is 975 g/mol. The molecule has 6 saturated heterocycles. The number of aliphatic hydroxyl groups excluding tert-OH is 3. The van der Waals surface area contributed by atoms with E-state index in [2.05, 4.69) is 4.74 Å². The third-order valence-corrected chi connectivity index (χ3v) is 11.3. The summed E-state index contributed by atoms with van der Waals surface area (Å²) in [5, 5.41) is 34.7. The molecule has 0 aromatic heterocycles. The number of hydrogen-bond acceptors (Lipinski definition) is 24. The Labute approximate surface area is 445 Å². The van der Waals surface area contributed by atoms with Gasteiger partial charge in [0.15, 0.2) is 36.7 Å². The zero-order valence-electron chi connectivity index (χ0n) is 44.5. The molecule has 0 spiro atoms. The van der Waals surface area contributed by atoms with Crippen LogP contribution in [0.4, 0.5) is 0 Å². The number of rotatable bonds is 7. The van der Waals surface area contributed by atoms with Gasteiger partial charge in [0.2, 0.25) is 18.9 Å². The predicted octanol–water partition coefficient (Wildman–Crippen LogP) is -2.38. The van der Waals surface area contributed by atoms with Crippen LogP contribution >= 0.6 is 0 Å². The zero-order valence-corrected chi connectivity index (χ0v) is 46.5. The smallest absolute Gasteiger partial charge is 0.857 e. The van der Waals surface area contributed by atoms with Crippen molar-refractivity contribution in [1.29, 1.82) is 0 Å². The minimum absolute atomic E-state index is 0. The van der Waals surface area contributed by atoms with Crippen LogP contribution in [0.1, 0.15) is 118 Å². The minimum atomic E-state index is -1.23. The van der Waals surface area contributed by atoms with Crippen LogP contribution in [-0.4, -0.2) is 176 Å². The van der Waals surface area contributed by atoms with Gasteiger partial charge in [0.1, 0.15) is 24.4 Å². The molecule has 0 radical (unpaired) electrons. The van der Waals surface area contributed by atoms with Gasteiger partial charge in [0.05, 0.1) is 30.5 Å². The van der Waals surface area contributed by atoms with Crippen LogP contribution in [0.5, 0.6) is 0 Å². The minimum Gasteiger partial charge on any atom is -0.857 e. The summed E-state index contributed by atoms with van der Waals surface area (Å²) in [6, 6.07) is 0. The summed E-state index contributed by atoms with van der Waals surface area (Å²) in [6.45, 7) is 26.4. The molecule has 0 aliphatic carbocycles. The Hall–Kier alpha value is -2.70. The van der Waals surface area contributed by atoms with Crippen LogP contribution in [0.3, 0.4) is 0 Å². The maximum Gasteiger partial charge on any atom is 1.00 e. The van der Waals surface area contributed by atoms with Gasteiger partial charge in [0.25, 0.3) is 0 Å². The molecule has 0 amide bonds. The van der Waals surface area contributed by atoms with Crippen molar-refractivity contribution in [2.75, 3.05) is 14.2 Å². The Kier molecular flexibility index (Phi) is 34.8. The average molecular weight is 1060 g/mol. The van der Waals surface area contributed by atoms with E-state index < -0.39 is 103 Å². The molecule has 6 N–H and O–H groups in total. The summed E-state index contributed by atoms with van der Waals surface area (Å²) in [5.41, 5.74) is 0. The maximum absolute atomic E-state index is 10.9. The summed E-state index contributed by atoms with van der Waals surface area (Å²) < 4.78 is 72.8. The van der Waals surface area contributed by atoms with E-state index in [0.717, 1.165) is 7.11 Å². The number of carbonyl (C=O) groups is 6. The summed E-state index contributed by atoms with van der Waals surface area (Å²) in [6.07, 6.45) is -8.33. The number of ether oxygens (including phenoxy) is 14. The molecule has 0 saturated carbocycles. The van der Waals surface area contributed by atoms with Gasteiger partial charge in [-0.2, -0.15) is 7.11 Å². The fourth-order valence-corrected chi connectivity index (χ4v) is 7.40. The quantitative estimate of drug-likeness (QED) is 0.104. The van der Waals surface area contributed by atoms with Crippen molar-refractivity contribution in [1.82, 2.24) is 0 Å². The van der Waals surface area contributed by atoms with Crippen LogP contribution in [-0.2, 0) is 101 Å². The standard InChI is InChI=1S/3C10H16O5.C9H16O4.C5H10O4.CH3O.CH4.Na.H2O/c3*1-5-6(2)13-10(15-8(4)12)9(5)14-7(3)11;1-5-6-7(8(10-4)11-5)13-9(2,3)12-6;1-2-3(6)4(7)5(8)9-2;1-2;;;/h3*5-6,9-10H,1-4H3;5-8H,1-4H3;2-8H,1H3;1H3;1H4;;1H2/q;;;;;-1;;+1;/p+1/t2*5-,6-,9?,10?;5-,6-,9?,10+;5-,6-,7-,8-;2-,3-,4-,5?;;;;/m11111..../s1. The van der Waals surface area contributed by atoms with Crippen LogP contribution < -0.4 is 34.7 Å². The first kappa shape index (κ1) is 73.5. The number of methoxy groups -OCH3 is 1. The normalized spacial score (nSPS) is 37.1. The third-order valence-electron chi connectivity index (χ3n) is 11.3. The van der Waals surface area contributed by atoms with Gasteiger partial charge in [-0.3, -0.25) is 28.8 Å². The van der Waals surface area contributed by atoms with E-state index in [1.165, 1.54) is 41.5 Å². The Morgan fingerprint density at radius 2 is 0.722 bits per heavy atom. The molecule has 6 unspecified atom stereocenters. The first-order valence-electron chi connectivity index (χ1n) is 22.5. The molecule has 6 fully saturated rings. The molecule has 6 aliphatic rings. The molecule has 418 valence electrons. The summed E-state index contributed by atoms with van der Waals surface area (Å²) in [4.78, 5) is 65.0. The van der Waals surface area contributed by atoms with Crippen molar-refractivity contribution in [3.63, 3.8) is 0 Å². The van der Waals surface area contributed by atoms with Crippen molar-refractivity contribution in [3.8, 4) is 0 Å². The van der Waals surface area contributed by atoms with Crippen LogP contribution in [0.25, 0.3) is 0 Å². The SMILES string of the molecule is C.CC(=O)OC1O[C@H](C)[C@@H](C)C1OC(C)=O.CC(=O)OC1O[C@H](C)[C@@H](C)C1OC(C)=O.CC(=O)OC1[C@H](OC(C)=O)O[C@H](C)[C@H]1C.CO[C@@H]1O[C@H](C)[C@H]2OC(C)(C)O[C@@H]12.C[C@H]1OC(O)[C@H](O)[C@@H]1O.C[O-].[Na+].[OH3+]. The Balaban J connectivity index is -0.000000817. The predicted molar refractivity (Wildman–Crippen MR) is 244 cm³/mol. The Bertz CT molecular complexity index is 1500. The van der Waals surface area contributed by atoms with Crippen molar-refractivity contribution >= 4 is 35.8 Å². The van der Waals surface area contributed by atoms with Gasteiger partial charge >= 0.3 is 65.4 Å². The van der Waals surface area contributed by atoms with Crippen molar-refractivity contribution in [3.05, 3.63) is 0 Å². The molecule has 20 atom stereocenters. The number of carbonyl (C=O) groups excluding carboxylic acids is 6. The van der Waals surface area contributed by atoms with E-state index in [9.17, 15) is 28.8 Å². The van der Waals surface area contributed by atoms with Crippen molar-refractivity contribution in [2.24, 2.45) is 17.8 Å². The molecule has 6 aliphatic heterocycles. The van der Waals surface area contributed by atoms with Gasteiger partial charge in [-0.05, 0) is 48.5 Å².